The van der Waals surface area contributed by atoms with E-state index in [4.69, 9.17) is 0 Å². The van der Waals surface area contributed by atoms with E-state index in [0.29, 0.717) is 6.42 Å². The molecule has 4 nitrogen and oxygen atoms in total. The zero-order valence-electron chi connectivity index (χ0n) is 10.5. The Morgan fingerprint density at radius 3 is 2.78 bits per heavy atom. The molecular formula is C12H17FN2O2S. The fourth-order valence-corrected chi connectivity index (χ4v) is 4.50. The molecule has 0 aliphatic carbocycles. The molecule has 1 aromatic rings. The normalized spacial score (nSPS) is 28.2. The van der Waals surface area contributed by atoms with Crippen LogP contribution in [0.2, 0.25) is 0 Å². The molecule has 1 aromatic heterocycles. The van der Waals surface area contributed by atoms with Crippen molar-refractivity contribution in [1.29, 1.82) is 0 Å². The Balaban J connectivity index is 2.10. The predicted octanol–water partition coefficient (Wildman–Crippen LogP) is 1.45. The first-order valence-corrected chi connectivity index (χ1v) is 7.70. The van der Waals surface area contributed by atoms with E-state index in [0.717, 1.165) is 11.8 Å². The molecule has 0 spiro atoms. The molecule has 1 aliphatic heterocycles. The van der Waals surface area contributed by atoms with Gasteiger partial charge in [-0.3, -0.25) is 4.98 Å². The van der Waals surface area contributed by atoms with E-state index in [2.05, 4.69) is 10.3 Å². The van der Waals surface area contributed by atoms with Crippen molar-refractivity contribution in [2.75, 3.05) is 11.5 Å². The van der Waals surface area contributed by atoms with Gasteiger partial charge in [0.25, 0.3) is 0 Å². The van der Waals surface area contributed by atoms with Crippen molar-refractivity contribution >= 4 is 9.84 Å². The number of aromatic nitrogens is 1. The lowest BCUT2D eigenvalue weighted by Crippen LogP contribution is -2.44. The van der Waals surface area contributed by atoms with Gasteiger partial charge in [0.15, 0.2) is 9.84 Å². The van der Waals surface area contributed by atoms with Crippen molar-refractivity contribution in [1.82, 2.24) is 10.3 Å². The van der Waals surface area contributed by atoms with Crippen molar-refractivity contribution in [2.24, 2.45) is 0 Å². The molecule has 2 heterocycles. The Hall–Kier alpha value is -1.01. The molecule has 1 aliphatic rings. The van der Waals surface area contributed by atoms with Gasteiger partial charge in [0.1, 0.15) is 5.82 Å². The first-order chi connectivity index (χ1) is 8.30. The Kier molecular flexibility index (Phi) is 3.42. The summed E-state index contributed by atoms with van der Waals surface area (Å²) in [6.07, 6.45) is 3.33. The Labute approximate surface area is 107 Å². The van der Waals surface area contributed by atoms with Crippen LogP contribution in [0.25, 0.3) is 0 Å². The topological polar surface area (TPSA) is 59.1 Å². The summed E-state index contributed by atoms with van der Waals surface area (Å²) in [6, 6.07) is 1.28. The molecule has 2 rings (SSSR count). The Bertz CT molecular complexity index is 547. The smallest absolute Gasteiger partial charge is 0.152 e. The zero-order chi connectivity index (χ0) is 13.4. The van der Waals surface area contributed by atoms with Gasteiger partial charge in [0.2, 0.25) is 0 Å². The Morgan fingerprint density at radius 2 is 2.22 bits per heavy atom. The molecule has 0 saturated carbocycles. The van der Waals surface area contributed by atoms with E-state index in [-0.39, 0.29) is 23.4 Å². The molecule has 2 atom stereocenters. The van der Waals surface area contributed by atoms with Crippen molar-refractivity contribution in [3.63, 3.8) is 0 Å². The van der Waals surface area contributed by atoms with Gasteiger partial charge >= 0.3 is 0 Å². The summed E-state index contributed by atoms with van der Waals surface area (Å²) in [7, 11) is -2.94. The minimum atomic E-state index is -2.94. The summed E-state index contributed by atoms with van der Waals surface area (Å²) in [5.41, 5.74) is 0.283. The maximum Gasteiger partial charge on any atom is 0.152 e. The van der Waals surface area contributed by atoms with Crippen LogP contribution in [0.3, 0.4) is 0 Å². The molecule has 0 amide bonds. The third-order valence-corrected chi connectivity index (χ3v) is 5.20. The van der Waals surface area contributed by atoms with Gasteiger partial charge in [-0.05, 0) is 31.9 Å². The first-order valence-electron chi connectivity index (χ1n) is 5.88. The van der Waals surface area contributed by atoms with Gasteiger partial charge in [-0.2, -0.15) is 0 Å². The highest BCUT2D eigenvalue weighted by Crippen LogP contribution is 2.26. The van der Waals surface area contributed by atoms with Crippen LogP contribution in [-0.4, -0.2) is 30.4 Å². The summed E-state index contributed by atoms with van der Waals surface area (Å²) in [4.78, 5) is 3.80. The number of sulfone groups is 1. The monoisotopic (exact) mass is 272 g/mol. The molecule has 2 unspecified atom stereocenters. The largest absolute Gasteiger partial charge is 0.304 e. The summed E-state index contributed by atoms with van der Waals surface area (Å²) in [6.45, 7) is 3.77. The average molecular weight is 272 g/mol. The van der Waals surface area contributed by atoms with E-state index >= 15 is 0 Å². The molecular weight excluding hydrogens is 255 g/mol. The Morgan fingerprint density at radius 1 is 1.50 bits per heavy atom. The minimum Gasteiger partial charge on any atom is -0.304 e. The van der Waals surface area contributed by atoms with Crippen LogP contribution in [0.5, 0.6) is 0 Å². The number of hydrogen-bond donors (Lipinski definition) is 1. The van der Waals surface area contributed by atoms with Crippen LogP contribution in [0.4, 0.5) is 4.39 Å². The first kappa shape index (κ1) is 13.4. The quantitative estimate of drug-likeness (QED) is 0.904. The van der Waals surface area contributed by atoms with Crippen molar-refractivity contribution in [3.8, 4) is 0 Å². The molecule has 1 fully saturated rings. The lowest BCUT2D eigenvalue weighted by Gasteiger charge is -2.28. The number of hydrogen-bond acceptors (Lipinski definition) is 4. The molecule has 0 aromatic carbocycles. The number of nitrogens with one attached hydrogen (secondary N) is 1. The second-order valence-corrected chi connectivity index (χ2v) is 7.39. The summed E-state index contributed by atoms with van der Waals surface area (Å²) in [5.74, 6) is -0.0390. The number of rotatable bonds is 3. The van der Waals surface area contributed by atoms with Crippen LogP contribution in [-0.2, 0) is 9.84 Å². The van der Waals surface area contributed by atoms with Crippen LogP contribution >= 0.6 is 0 Å². The molecule has 18 heavy (non-hydrogen) atoms. The summed E-state index contributed by atoms with van der Waals surface area (Å²) < 4.78 is 36.1. The summed E-state index contributed by atoms with van der Waals surface area (Å²) in [5, 5.41) is 3.27. The predicted molar refractivity (Wildman–Crippen MR) is 67.4 cm³/mol. The lowest BCUT2D eigenvalue weighted by molar-refractivity contribution is 0.354. The van der Waals surface area contributed by atoms with E-state index in [1.165, 1.54) is 6.07 Å². The van der Waals surface area contributed by atoms with Crippen molar-refractivity contribution in [3.05, 3.63) is 29.8 Å². The fraction of sp³-hybridized carbons (Fsp3) is 0.583. The standard InChI is InChI=1S/C12H17FN2O2S/c1-9(10-5-11(13)7-14-6-10)15-12(2)3-4-18(16,17)8-12/h5-7,9,15H,3-4,8H2,1-2H3. The van der Waals surface area contributed by atoms with E-state index in [9.17, 15) is 12.8 Å². The van der Waals surface area contributed by atoms with E-state index < -0.39 is 15.4 Å². The third kappa shape index (κ3) is 3.05. The van der Waals surface area contributed by atoms with Crippen LogP contribution in [0, 0.1) is 5.82 Å². The molecule has 6 heteroatoms. The lowest BCUT2D eigenvalue weighted by atomic mass is 9.99. The average Bonchev–Trinajstić information content (AvgIpc) is 2.52. The number of pyridine rings is 1. The van der Waals surface area contributed by atoms with Crippen LogP contribution < -0.4 is 5.32 Å². The molecule has 100 valence electrons. The van der Waals surface area contributed by atoms with Gasteiger partial charge in [0.05, 0.1) is 17.7 Å². The van der Waals surface area contributed by atoms with Gasteiger partial charge in [-0.25, -0.2) is 12.8 Å². The van der Waals surface area contributed by atoms with Gasteiger partial charge < -0.3 is 5.32 Å². The van der Waals surface area contributed by atoms with Crippen molar-refractivity contribution in [2.45, 2.75) is 31.8 Å². The SMILES string of the molecule is CC(NC1(C)CCS(=O)(=O)C1)c1cncc(F)c1. The second-order valence-electron chi connectivity index (χ2n) is 5.21. The third-order valence-electron chi connectivity index (χ3n) is 3.29. The number of halogens is 1. The second kappa shape index (κ2) is 4.59. The van der Waals surface area contributed by atoms with Crippen LogP contribution in [0.1, 0.15) is 31.9 Å². The highest BCUT2D eigenvalue weighted by molar-refractivity contribution is 7.91. The van der Waals surface area contributed by atoms with E-state index in [1.807, 2.05) is 13.8 Å². The highest BCUT2D eigenvalue weighted by Gasteiger charge is 2.39. The van der Waals surface area contributed by atoms with Crippen LogP contribution in [0.15, 0.2) is 18.5 Å². The zero-order valence-corrected chi connectivity index (χ0v) is 11.3. The van der Waals surface area contributed by atoms with Crippen molar-refractivity contribution < 1.29 is 12.8 Å². The maximum atomic E-state index is 13.1. The molecule has 0 bridgehead atoms. The molecule has 0 radical (unpaired) electrons. The van der Waals surface area contributed by atoms with Gasteiger partial charge in [0, 0.05) is 17.8 Å². The minimum absolute atomic E-state index is 0.132. The molecule has 1 N–H and O–H groups in total. The fourth-order valence-electron chi connectivity index (χ4n) is 2.40. The number of nitrogens with zero attached hydrogens (tertiary/aromatic N) is 1. The van der Waals surface area contributed by atoms with Gasteiger partial charge in [-0.15, -0.1) is 0 Å². The van der Waals surface area contributed by atoms with E-state index in [1.54, 1.807) is 6.20 Å². The molecule has 1 saturated heterocycles. The van der Waals surface area contributed by atoms with Gasteiger partial charge in [-0.1, -0.05) is 0 Å². The maximum absolute atomic E-state index is 13.1. The summed E-state index contributed by atoms with van der Waals surface area (Å²) >= 11 is 0. The highest BCUT2D eigenvalue weighted by atomic mass is 32.2.